The van der Waals surface area contributed by atoms with E-state index in [-0.39, 0.29) is 6.29 Å². The molecule has 1 heterocycles. The van der Waals surface area contributed by atoms with Crippen LogP contribution in [0.15, 0.2) is 0 Å². The van der Waals surface area contributed by atoms with Gasteiger partial charge in [-0.3, -0.25) is 0 Å². The van der Waals surface area contributed by atoms with Crippen molar-refractivity contribution in [3.63, 3.8) is 0 Å². The first-order chi connectivity index (χ1) is 11.1. The average molecular weight is 356 g/mol. The van der Waals surface area contributed by atoms with Gasteiger partial charge in [-0.15, -0.1) is 0 Å². The van der Waals surface area contributed by atoms with Crippen LogP contribution in [0.2, 0.25) is 0 Å². The second kappa shape index (κ2) is 8.75. The largest absolute Gasteiger partial charge is 0.479 e. The van der Waals surface area contributed by atoms with Gasteiger partial charge in [-0.25, -0.2) is 4.79 Å². The van der Waals surface area contributed by atoms with Crippen molar-refractivity contribution >= 4 is 12.3 Å². The number of rotatable bonds is 8. The summed E-state index contributed by atoms with van der Waals surface area (Å²) in [5.41, 5.74) is 0. The van der Waals surface area contributed by atoms with E-state index in [1.165, 1.54) is 0 Å². The number of aliphatic hydroxyl groups excluding tert-OH is 7. The molecule has 0 unspecified atom stereocenters. The Hall–Kier alpha value is -1.22. The molecule has 0 aliphatic carbocycles. The highest BCUT2D eigenvalue weighted by atomic mass is 16.7. The SMILES string of the molecule is O=C[C@H](O)[C@@H](O)[C@@H](O[C@H]1O[C@H](C(=O)O)[C@H](O)[C@H](O)[C@H]1O)[C@H](O)CO. The van der Waals surface area contributed by atoms with Crippen LogP contribution < -0.4 is 0 Å². The normalized spacial score (nSPS) is 35.7. The molecule has 0 amide bonds. The fraction of sp³-hybridized carbons (Fsp3) is 0.833. The van der Waals surface area contributed by atoms with Crippen LogP contribution in [-0.4, -0.2) is 115 Å². The van der Waals surface area contributed by atoms with Crippen LogP contribution >= 0.6 is 0 Å². The lowest BCUT2D eigenvalue weighted by molar-refractivity contribution is -0.320. The molecule has 1 saturated heterocycles. The molecular formula is C12H20O12. The van der Waals surface area contributed by atoms with Crippen LogP contribution in [0, 0.1) is 0 Å². The Labute approximate surface area is 135 Å². The molecule has 0 radical (unpaired) electrons. The Morgan fingerprint density at radius 1 is 1.12 bits per heavy atom. The fourth-order valence-electron chi connectivity index (χ4n) is 2.10. The maximum Gasteiger partial charge on any atom is 0.335 e. The zero-order chi connectivity index (χ0) is 18.6. The topological polar surface area (TPSA) is 214 Å². The van der Waals surface area contributed by atoms with Gasteiger partial charge in [0.25, 0.3) is 0 Å². The van der Waals surface area contributed by atoms with Crippen LogP contribution in [0.1, 0.15) is 0 Å². The molecule has 8 N–H and O–H groups in total. The number of hydrogen-bond donors (Lipinski definition) is 8. The summed E-state index contributed by atoms with van der Waals surface area (Å²) in [6.07, 6.45) is -17.8. The smallest absolute Gasteiger partial charge is 0.335 e. The lowest BCUT2D eigenvalue weighted by atomic mass is 9.98. The highest BCUT2D eigenvalue weighted by Crippen LogP contribution is 2.25. The predicted octanol–water partition coefficient (Wildman–Crippen LogP) is -5.46. The van der Waals surface area contributed by atoms with Crippen molar-refractivity contribution in [2.75, 3.05) is 6.61 Å². The van der Waals surface area contributed by atoms with Crippen molar-refractivity contribution in [2.24, 2.45) is 0 Å². The summed E-state index contributed by atoms with van der Waals surface area (Å²) in [6, 6.07) is 0. The van der Waals surface area contributed by atoms with Gasteiger partial charge in [-0.2, -0.15) is 0 Å². The number of carbonyl (C=O) groups excluding carboxylic acids is 1. The van der Waals surface area contributed by atoms with Crippen LogP contribution in [0.4, 0.5) is 0 Å². The molecule has 0 aromatic rings. The van der Waals surface area contributed by atoms with E-state index in [1.807, 2.05) is 0 Å². The van der Waals surface area contributed by atoms with E-state index in [1.54, 1.807) is 0 Å². The molecule has 140 valence electrons. The number of aldehydes is 1. The highest BCUT2D eigenvalue weighted by molar-refractivity contribution is 5.73. The molecule has 0 saturated carbocycles. The summed E-state index contributed by atoms with van der Waals surface area (Å²) in [5.74, 6) is -1.69. The first kappa shape index (κ1) is 20.8. The summed E-state index contributed by atoms with van der Waals surface area (Å²) in [5, 5.41) is 75.4. The van der Waals surface area contributed by atoms with Gasteiger partial charge >= 0.3 is 5.97 Å². The number of carboxylic acids is 1. The van der Waals surface area contributed by atoms with Crippen molar-refractivity contribution < 1.29 is 59.9 Å². The molecule has 1 aliphatic heterocycles. The molecule has 9 atom stereocenters. The molecule has 0 aromatic heterocycles. The molecule has 12 nitrogen and oxygen atoms in total. The Morgan fingerprint density at radius 3 is 2.17 bits per heavy atom. The third kappa shape index (κ3) is 4.44. The summed E-state index contributed by atoms with van der Waals surface area (Å²) in [7, 11) is 0. The second-order valence-electron chi connectivity index (χ2n) is 5.20. The molecule has 12 heteroatoms. The molecule has 0 aromatic carbocycles. The Morgan fingerprint density at radius 2 is 1.71 bits per heavy atom. The van der Waals surface area contributed by atoms with Gasteiger partial charge in [0.05, 0.1) is 6.61 Å². The van der Waals surface area contributed by atoms with E-state index in [4.69, 9.17) is 19.7 Å². The zero-order valence-electron chi connectivity index (χ0n) is 12.2. The first-order valence-electron chi connectivity index (χ1n) is 6.84. The second-order valence-corrected chi connectivity index (χ2v) is 5.20. The number of hydrogen-bond acceptors (Lipinski definition) is 11. The molecule has 0 bridgehead atoms. The number of carbonyl (C=O) groups is 2. The van der Waals surface area contributed by atoms with Gasteiger partial charge in [0.15, 0.2) is 18.7 Å². The van der Waals surface area contributed by atoms with Crippen molar-refractivity contribution in [3.05, 3.63) is 0 Å². The maximum atomic E-state index is 11.0. The minimum atomic E-state index is -2.06. The lowest BCUT2D eigenvalue weighted by Crippen LogP contribution is -2.62. The van der Waals surface area contributed by atoms with Crippen LogP contribution in [0.3, 0.4) is 0 Å². The monoisotopic (exact) mass is 356 g/mol. The minimum Gasteiger partial charge on any atom is -0.479 e. The first-order valence-corrected chi connectivity index (χ1v) is 6.84. The molecule has 0 spiro atoms. The number of carboxylic acid groups (broad SMARTS) is 1. The van der Waals surface area contributed by atoms with Crippen LogP contribution in [0.25, 0.3) is 0 Å². The number of ether oxygens (including phenoxy) is 2. The Bertz CT molecular complexity index is 430. The summed E-state index contributed by atoms with van der Waals surface area (Å²) in [6.45, 7) is -0.982. The molecule has 24 heavy (non-hydrogen) atoms. The maximum absolute atomic E-state index is 11.0. The fourth-order valence-corrected chi connectivity index (χ4v) is 2.10. The molecule has 1 fully saturated rings. The lowest BCUT2D eigenvalue weighted by Gasteiger charge is -2.41. The van der Waals surface area contributed by atoms with Crippen molar-refractivity contribution in [2.45, 2.75) is 55.1 Å². The summed E-state index contributed by atoms with van der Waals surface area (Å²) in [4.78, 5) is 21.5. The molecular weight excluding hydrogens is 336 g/mol. The number of aliphatic carboxylic acids is 1. The third-order valence-corrected chi connectivity index (χ3v) is 3.50. The van der Waals surface area contributed by atoms with Gasteiger partial charge in [0, 0.05) is 0 Å². The quantitative estimate of drug-likeness (QED) is 0.191. The van der Waals surface area contributed by atoms with Gasteiger partial charge in [0.2, 0.25) is 0 Å². The average Bonchev–Trinajstić information content (AvgIpc) is 2.56. The van der Waals surface area contributed by atoms with Crippen LogP contribution in [-0.2, 0) is 19.1 Å². The van der Waals surface area contributed by atoms with Gasteiger partial charge < -0.3 is 55.1 Å². The predicted molar refractivity (Wildman–Crippen MR) is 70.4 cm³/mol. The van der Waals surface area contributed by atoms with E-state index in [0.29, 0.717) is 0 Å². The van der Waals surface area contributed by atoms with E-state index in [9.17, 15) is 40.2 Å². The highest BCUT2D eigenvalue weighted by Gasteiger charge is 2.49. The van der Waals surface area contributed by atoms with Crippen molar-refractivity contribution in [3.8, 4) is 0 Å². The Balaban J connectivity index is 2.98. The molecule has 1 rings (SSSR count). The minimum absolute atomic E-state index is 0.0814. The summed E-state index contributed by atoms with van der Waals surface area (Å²) >= 11 is 0. The van der Waals surface area contributed by atoms with E-state index in [0.717, 1.165) is 0 Å². The van der Waals surface area contributed by atoms with Crippen molar-refractivity contribution in [1.29, 1.82) is 0 Å². The standard InChI is InChI=1S/C12H20O12/c13-1-3(15)5(17)9(4(16)2-14)23-12-8(20)6(18)7(19)10(24-12)11(21)22/h1,3-10,12,14-20H,2H2,(H,21,22)/t3-,4+,5+,6-,7+,8+,9-,10-,12-/m0/s1. The van der Waals surface area contributed by atoms with Crippen molar-refractivity contribution in [1.82, 2.24) is 0 Å². The van der Waals surface area contributed by atoms with E-state index >= 15 is 0 Å². The Kier molecular flexibility index (Phi) is 7.59. The number of aliphatic hydroxyl groups is 7. The van der Waals surface area contributed by atoms with Gasteiger partial charge in [-0.1, -0.05) is 0 Å². The van der Waals surface area contributed by atoms with E-state index in [2.05, 4.69) is 0 Å². The van der Waals surface area contributed by atoms with Crippen LogP contribution in [0.5, 0.6) is 0 Å². The van der Waals surface area contributed by atoms with Gasteiger partial charge in [-0.05, 0) is 0 Å². The van der Waals surface area contributed by atoms with Gasteiger partial charge in [0.1, 0.15) is 42.7 Å². The third-order valence-electron chi connectivity index (χ3n) is 3.50. The zero-order valence-corrected chi connectivity index (χ0v) is 12.2. The summed E-state index contributed by atoms with van der Waals surface area (Å²) < 4.78 is 9.73. The molecule has 1 aliphatic rings. The van der Waals surface area contributed by atoms with E-state index < -0.39 is 67.7 Å².